The zero-order valence-electron chi connectivity index (χ0n) is 15.2. The van der Waals surface area contributed by atoms with Crippen molar-refractivity contribution in [1.82, 2.24) is 0 Å². The molecule has 1 heterocycles. The number of aryl methyl sites for hydroxylation is 1. The summed E-state index contributed by atoms with van der Waals surface area (Å²) in [6.45, 7) is 17.9. The van der Waals surface area contributed by atoms with Crippen LogP contribution in [0, 0.1) is 6.92 Å². The van der Waals surface area contributed by atoms with Crippen molar-refractivity contribution < 1.29 is 4.42 Å². The number of fused-ring (bicyclic) bond motifs is 1. The third-order valence-electron chi connectivity index (χ3n) is 3.12. The summed E-state index contributed by atoms with van der Waals surface area (Å²) in [6.07, 6.45) is 10.1. The van der Waals surface area contributed by atoms with Gasteiger partial charge < -0.3 is 4.42 Å². The highest BCUT2D eigenvalue weighted by Gasteiger charge is 2.08. The molecule has 2 rings (SSSR count). The first-order valence-electron chi connectivity index (χ1n) is 8.16. The van der Waals surface area contributed by atoms with E-state index in [4.69, 9.17) is 4.42 Å². The molecule has 0 spiro atoms. The van der Waals surface area contributed by atoms with Gasteiger partial charge in [-0.25, -0.2) is 0 Å². The Morgan fingerprint density at radius 3 is 2.18 bits per heavy atom. The van der Waals surface area contributed by atoms with Crippen LogP contribution in [0.15, 0.2) is 35.3 Å². The fourth-order valence-electron chi connectivity index (χ4n) is 2.23. The van der Waals surface area contributed by atoms with Gasteiger partial charge in [0.1, 0.15) is 11.3 Å². The van der Waals surface area contributed by atoms with E-state index in [1.165, 1.54) is 5.22 Å². The molecular weight excluding hydrogens is 268 g/mol. The lowest BCUT2D eigenvalue weighted by atomic mass is 10.1. The maximum Gasteiger partial charge on any atom is 0.142 e. The summed E-state index contributed by atoms with van der Waals surface area (Å²) in [5, 5.41) is 3.45. The Bertz CT molecular complexity index is 727. The Labute approximate surface area is 135 Å². The molecule has 0 unspecified atom stereocenters. The largest absolute Gasteiger partial charge is 0.460 e. The average molecular weight is 298 g/mol. The lowest BCUT2D eigenvalue weighted by Gasteiger charge is -1.93. The quantitative estimate of drug-likeness (QED) is 0.704. The van der Waals surface area contributed by atoms with Gasteiger partial charge in [-0.05, 0) is 32.1 Å². The SMILES string of the molecule is C=Cc1c(C)oc2c(=C/C)/c(=C\C=C/C)ccc12.CC.CC. The zero-order chi connectivity index (χ0) is 17.1. The molecule has 1 aromatic carbocycles. The van der Waals surface area contributed by atoms with Gasteiger partial charge in [0.2, 0.25) is 0 Å². The molecule has 120 valence electrons. The second-order valence-corrected chi connectivity index (χ2v) is 4.20. The van der Waals surface area contributed by atoms with Crippen LogP contribution < -0.4 is 10.4 Å². The molecule has 1 nitrogen and oxygen atoms in total. The van der Waals surface area contributed by atoms with Crippen molar-refractivity contribution in [2.24, 2.45) is 0 Å². The minimum absolute atomic E-state index is 0.922. The number of rotatable bonds is 2. The van der Waals surface area contributed by atoms with E-state index in [-0.39, 0.29) is 0 Å². The van der Waals surface area contributed by atoms with Gasteiger partial charge in [-0.2, -0.15) is 0 Å². The monoisotopic (exact) mass is 298 g/mol. The topological polar surface area (TPSA) is 13.1 Å². The summed E-state index contributed by atoms with van der Waals surface area (Å²) in [5.74, 6) is 0.922. The van der Waals surface area contributed by atoms with E-state index in [2.05, 4.69) is 30.9 Å². The first-order chi connectivity index (χ1) is 10.7. The molecule has 0 N–H and O–H groups in total. The fraction of sp³-hybridized carbons (Fsp3) is 0.333. The molecule has 0 amide bonds. The summed E-state index contributed by atoms with van der Waals surface area (Å²) >= 11 is 0. The summed E-state index contributed by atoms with van der Waals surface area (Å²) in [7, 11) is 0. The summed E-state index contributed by atoms with van der Waals surface area (Å²) < 4.78 is 5.89. The maximum absolute atomic E-state index is 5.89. The smallest absolute Gasteiger partial charge is 0.142 e. The lowest BCUT2D eigenvalue weighted by Crippen LogP contribution is -2.23. The van der Waals surface area contributed by atoms with Gasteiger partial charge in [-0.1, -0.05) is 70.7 Å². The molecule has 0 bridgehead atoms. The van der Waals surface area contributed by atoms with Crippen LogP contribution in [-0.2, 0) is 0 Å². The van der Waals surface area contributed by atoms with Crippen molar-refractivity contribution in [1.29, 1.82) is 0 Å². The van der Waals surface area contributed by atoms with Crippen molar-refractivity contribution in [2.45, 2.75) is 48.5 Å². The van der Waals surface area contributed by atoms with Crippen molar-refractivity contribution in [3.8, 4) is 0 Å². The molecule has 1 heteroatoms. The first-order valence-corrected chi connectivity index (χ1v) is 8.16. The molecule has 2 aromatic rings. The number of benzene rings is 1. The second kappa shape index (κ2) is 10.7. The minimum Gasteiger partial charge on any atom is -0.460 e. The Kier molecular flexibility index (Phi) is 9.69. The van der Waals surface area contributed by atoms with E-state index in [1.54, 1.807) is 0 Å². The summed E-state index contributed by atoms with van der Waals surface area (Å²) in [4.78, 5) is 0. The molecule has 0 aliphatic carbocycles. The Balaban J connectivity index is 0.00000102. The van der Waals surface area contributed by atoms with Gasteiger partial charge >= 0.3 is 0 Å². The molecule has 0 aliphatic rings. The Morgan fingerprint density at radius 1 is 1.05 bits per heavy atom. The molecule has 0 saturated carbocycles. The van der Waals surface area contributed by atoms with E-state index in [1.807, 2.05) is 66.7 Å². The van der Waals surface area contributed by atoms with Crippen molar-refractivity contribution in [2.75, 3.05) is 0 Å². The second-order valence-electron chi connectivity index (χ2n) is 4.20. The van der Waals surface area contributed by atoms with E-state index in [9.17, 15) is 0 Å². The molecule has 0 fully saturated rings. The van der Waals surface area contributed by atoms with Gasteiger partial charge in [0.25, 0.3) is 0 Å². The van der Waals surface area contributed by atoms with E-state index < -0.39 is 0 Å². The van der Waals surface area contributed by atoms with E-state index in [0.29, 0.717) is 0 Å². The highest BCUT2D eigenvalue weighted by Crippen LogP contribution is 2.22. The molecule has 1 aromatic heterocycles. The molecule has 0 aliphatic heterocycles. The normalized spacial score (nSPS) is 12.0. The van der Waals surface area contributed by atoms with Crippen LogP contribution in [-0.4, -0.2) is 0 Å². The van der Waals surface area contributed by atoms with Crippen molar-refractivity contribution in [3.63, 3.8) is 0 Å². The zero-order valence-corrected chi connectivity index (χ0v) is 15.2. The molecule has 0 atom stereocenters. The Hall–Kier alpha value is -2.02. The summed E-state index contributed by atoms with van der Waals surface area (Å²) in [6, 6.07) is 4.23. The van der Waals surface area contributed by atoms with Crippen LogP contribution in [0.2, 0.25) is 0 Å². The number of furan rings is 1. The van der Waals surface area contributed by atoms with E-state index in [0.717, 1.165) is 27.5 Å². The third-order valence-corrected chi connectivity index (χ3v) is 3.12. The number of hydrogen-bond donors (Lipinski definition) is 0. The third kappa shape index (κ3) is 4.24. The lowest BCUT2D eigenvalue weighted by molar-refractivity contribution is 0.575. The standard InChI is InChI=1S/C17H18O.2C2H6/c1-5-8-9-13-10-11-16-14(6-2)12(4)18-17(16)15(13)7-3;2*1-2/h5-11H,2H2,1,3-4H3;2*1-2H3/b8-5-,13-9-,15-7+;;. The molecule has 0 radical (unpaired) electrons. The van der Waals surface area contributed by atoms with Crippen LogP contribution in [0.25, 0.3) is 29.2 Å². The number of hydrogen-bond acceptors (Lipinski definition) is 1. The molecule has 0 saturated heterocycles. The van der Waals surface area contributed by atoms with Gasteiger partial charge in [0.15, 0.2) is 0 Å². The van der Waals surface area contributed by atoms with Crippen LogP contribution in [0.1, 0.15) is 52.9 Å². The first kappa shape index (κ1) is 20.0. The average Bonchev–Trinajstić information content (AvgIpc) is 2.91. The van der Waals surface area contributed by atoms with Crippen molar-refractivity contribution >= 4 is 29.2 Å². The predicted molar refractivity (Wildman–Crippen MR) is 102 cm³/mol. The van der Waals surface area contributed by atoms with Crippen LogP contribution in [0.4, 0.5) is 0 Å². The van der Waals surface area contributed by atoms with Crippen LogP contribution >= 0.6 is 0 Å². The molecular formula is C21H30O. The van der Waals surface area contributed by atoms with Gasteiger partial charge in [-0.3, -0.25) is 0 Å². The van der Waals surface area contributed by atoms with Crippen LogP contribution in [0.3, 0.4) is 0 Å². The molecule has 22 heavy (non-hydrogen) atoms. The van der Waals surface area contributed by atoms with E-state index >= 15 is 0 Å². The van der Waals surface area contributed by atoms with Crippen LogP contribution in [0.5, 0.6) is 0 Å². The maximum atomic E-state index is 5.89. The minimum atomic E-state index is 0.922. The van der Waals surface area contributed by atoms with Crippen molar-refractivity contribution in [3.05, 3.63) is 52.6 Å². The highest BCUT2D eigenvalue weighted by molar-refractivity contribution is 5.89. The Morgan fingerprint density at radius 2 is 1.68 bits per heavy atom. The van der Waals surface area contributed by atoms with Gasteiger partial charge in [0.05, 0.1) is 0 Å². The summed E-state index contributed by atoms with van der Waals surface area (Å²) in [5.41, 5.74) is 2.04. The number of allylic oxidation sites excluding steroid dienone is 2. The highest BCUT2D eigenvalue weighted by atomic mass is 16.3. The fourth-order valence-corrected chi connectivity index (χ4v) is 2.23. The van der Waals surface area contributed by atoms with Gasteiger partial charge in [-0.15, -0.1) is 0 Å². The van der Waals surface area contributed by atoms with Gasteiger partial charge in [0, 0.05) is 16.2 Å². The predicted octanol–water partition coefficient (Wildman–Crippen LogP) is 5.59.